The Labute approximate surface area is 192 Å². The minimum absolute atomic E-state index is 0.226. The fourth-order valence-corrected chi connectivity index (χ4v) is 4.47. The molecular formula is C21H18ClF3N4O2S. The van der Waals surface area contributed by atoms with E-state index in [1.807, 2.05) is 0 Å². The molecule has 1 saturated heterocycles. The zero-order valence-electron chi connectivity index (χ0n) is 16.7. The van der Waals surface area contributed by atoms with Gasteiger partial charge in [0, 0.05) is 24.7 Å². The Bertz CT molecular complexity index is 1110. The van der Waals surface area contributed by atoms with Crippen molar-refractivity contribution >= 4 is 47.6 Å². The maximum atomic E-state index is 13.4. The number of halogens is 4. The van der Waals surface area contributed by atoms with E-state index in [-0.39, 0.29) is 18.0 Å². The molecule has 0 radical (unpaired) electrons. The van der Waals surface area contributed by atoms with Crippen LogP contribution in [-0.2, 0) is 9.59 Å². The van der Waals surface area contributed by atoms with Gasteiger partial charge in [-0.1, -0.05) is 41.9 Å². The van der Waals surface area contributed by atoms with Crippen molar-refractivity contribution in [1.29, 1.82) is 0 Å². The van der Waals surface area contributed by atoms with Gasteiger partial charge in [0.05, 0.1) is 10.9 Å². The van der Waals surface area contributed by atoms with Crippen LogP contribution in [0.2, 0.25) is 5.02 Å². The summed E-state index contributed by atoms with van der Waals surface area (Å²) in [6, 6.07) is 11.6. The Hall–Kier alpha value is -2.72. The molecule has 6 nitrogen and oxygen atoms in total. The van der Waals surface area contributed by atoms with E-state index >= 15 is 0 Å². The van der Waals surface area contributed by atoms with Gasteiger partial charge in [-0.05, 0) is 29.7 Å². The largest absolute Gasteiger partial charge is 0.451 e. The number of carbonyl (C=O) groups excluding carboxylic acids is 2. The number of hydrogen-bond acceptors (Lipinski definition) is 6. The van der Waals surface area contributed by atoms with E-state index < -0.39 is 29.3 Å². The number of alkyl halides is 3. The number of imide groups is 1. The molecule has 2 aromatic rings. The van der Waals surface area contributed by atoms with Crippen molar-refractivity contribution in [3.63, 3.8) is 0 Å². The van der Waals surface area contributed by atoms with Crippen molar-refractivity contribution in [2.45, 2.75) is 30.4 Å². The van der Waals surface area contributed by atoms with E-state index in [2.05, 4.69) is 23.0 Å². The molecule has 0 bridgehead atoms. The number of anilines is 1. The molecule has 11 heteroatoms. The lowest BCUT2D eigenvalue weighted by atomic mass is 9.88. The van der Waals surface area contributed by atoms with Gasteiger partial charge < -0.3 is 0 Å². The molecule has 2 aromatic carbocycles. The summed E-state index contributed by atoms with van der Waals surface area (Å²) in [4.78, 5) is 24.7. The number of nitrogens with zero attached hydrogens (tertiary/aromatic N) is 3. The van der Waals surface area contributed by atoms with Crippen LogP contribution in [0.25, 0.3) is 11.1 Å². The van der Waals surface area contributed by atoms with Gasteiger partial charge in [-0.3, -0.25) is 24.8 Å². The quantitative estimate of drug-likeness (QED) is 0.504. The van der Waals surface area contributed by atoms with Crippen LogP contribution >= 0.6 is 24.2 Å². The predicted molar refractivity (Wildman–Crippen MR) is 119 cm³/mol. The monoisotopic (exact) mass is 482 g/mol. The SMILES string of the molecule is CN1N=C(C(F)(F)F)N(c2ccc(-c3cccc(C4CCC(=O)NC4=O)c3Cl)cc2)C1S. The molecule has 2 unspecified atom stereocenters. The van der Waals surface area contributed by atoms with Crippen molar-refractivity contribution in [3.8, 4) is 11.1 Å². The molecule has 0 aliphatic carbocycles. The molecule has 1 N–H and O–H groups in total. The highest BCUT2D eigenvalue weighted by molar-refractivity contribution is 7.81. The predicted octanol–water partition coefficient (Wildman–Crippen LogP) is 4.37. The Morgan fingerprint density at radius 3 is 2.47 bits per heavy atom. The van der Waals surface area contributed by atoms with Crippen LogP contribution in [0.3, 0.4) is 0 Å². The average molecular weight is 483 g/mol. The van der Waals surface area contributed by atoms with Crippen LogP contribution in [0.1, 0.15) is 24.3 Å². The minimum Gasteiger partial charge on any atom is -0.296 e. The van der Waals surface area contributed by atoms with Crippen LogP contribution in [-0.4, -0.2) is 41.4 Å². The second kappa shape index (κ2) is 8.32. The summed E-state index contributed by atoms with van der Waals surface area (Å²) in [6.45, 7) is 0. The van der Waals surface area contributed by atoms with Gasteiger partial charge in [-0.15, -0.1) is 12.6 Å². The number of amides is 2. The number of amidine groups is 1. The molecule has 1 fully saturated rings. The number of rotatable bonds is 3. The second-order valence-electron chi connectivity index (χ2n) is 7.47. The molecule has 2 heterocycles. The maximum absolute atomic E-state index is 13.4. The summed E-state index contributed by atoms with van der Waals surface area (Å²) in [5.41, 5.74) is 1.26. The van der Waals surface area contributed by atoms with E-state index in [9.17, 15) is 22.8 Å². The molecule has 32 heavy (non-hydrogen) atoms. The topological polar surface area (TPSA) is 65.0 Å². The number of piperidine rings is 1. The molecule has 2 aliphatic rings. The highest BCUT2D eigenvalue weighted by atomic mass is 35.5. The molecule has 0 aromatic heterocycles. The van der Waals surface area contributed by atoms with Crippen LogP contribution in [0.4, 0.5) is 18.9 Å². The van der Waals surface area contributed by atoms with Gasteiger partial charge in [-0.2, -0.15) is 18.3 Å². The van der Waals surface area contributed by atoms with Crippen molar-refractivity contribution in [2.75, 3.05) is 11.9 Å². The molecule has 4 rings (SSSR count). The fourth-order valence-electron chi connectivity index (χ4n) is 3.81. The molecule has 0 spiro atoms. The van der Waals surface area contributed by atoms with E-state index in [1.165, 1.54) is 19.2 Å². The Morgan fingerprint density at radius 1 is 1.16 bits per heavy atom. The van der Waals surface area contributed by atoms with E-state index in [0.29, 0.717) is 28.1 Å². The molecule has 2 amide bonds. The average Bonchev–Trinajstić information content (AvgIpc) is 3.04. The van der Waals surface area contributed by atoms with Gasteiger partial charge in [-0.25, -0.2) is 0 Å². The summed E-state index contributed by atoms with van der Waals surface area (Å²) < 4.78 is 40.2. The van der Waals surface area contributed by atoms with E-state index in [1.54, 1.807) is 30.3 Å². The molecule has 0 saturated carbocycles. The summed E-state index contributed by atoms with van der Waals surface area (Å²) in [5, 5.41) is 7.37. The van der Waals surface area contributed by atoms with Crippen LogP contribution in [0.15, 0.2) is 47.6 Å². The number of hydrazone groups is 1. The van der Waals surface area contributed by atoms with Gasteiger partial charge in [0.25, 0.3) is 0 Å². The first kappa shape index (κ1) is 22.5. The Morgan fingerprint density at radius 2 is 1.84 bits per heavy atom. The highest BCUT2D eigenvalue weighted by Crippen LogP contribution is 2.39. The number of benzene rings is 2. The molecule has 168 valence electrons. The van der Waals surface area contributed by atoms with Gasteiger partial charge in [0.2, 0.25) is 17.6 Å². The summed E-state index contributed by atoms with van der Waals surface area (Å²) >= 11 is 10.8. The number of carbonyl (C=O) groups is 2. The van der Waals surface area contributed by atoms with E-state index in [4.69, 9.17) is 11.6 Å². The third-order valence-corrected chi connectivity index (χ3v) is 6.39. The Kier molecular flexibility index (Phi) is 5.85. The normalized spacial score (nSPS) is 21.6. The third kappa shape index (κ3) is 4.04. The highest BCUT2D eigenvalue weighted by Gasteiger charge is 2.47. The third-order valence-electron chi connectivity index (χ3n) is 5.40. The second-order valence-corrected chi connectivity index (χ2v) is 8.31. The lowest BCUT2D eigenvalue weighted by molar-refractivity contribution is -0.134. The first-order chi connectivity index (χ1) is 15.1. The zero-order chi connectivity index (χ0) is 23.2. The lowest BCUT2D eigenvalue weighted by Crippen LogP contribution is -2.43. The van der Waals surface area contributed by atoms with Gasteiger partial charge in [0.1, 0.15) is 0 Å². The van der Waals surface area contributed by atoms with Gasteiger partial charge in [0.15, 0.2) is 5.50 Å². The van der Waals surface area contributed by atoms with Crippen molar-refractivity contribution in [1.82, 2.24) is 10.3 Å². The molecular weight excluding hydrogens is 465 g/mol. The fraction of sp³-hybridized carbons (Fsp3) is 0.286. The van der Waals surface area contributed by atoms with Crippen LogP contribution < -0.4 is 10.2 Å². The van der Waals surface area contributed by atoms with Gasteiger partial charge >= 0.3 is 6.18 Å². The number of nitrogens with one attached hydrogen (secondary N) is 1. The van der Waals surface area contributed by atoms with Crippen LogP contribution in [0, 0.1) is 0 Å². The van der Waals surface area contributed by atoms with Crippen molar-refractivity contribution in [3.05, 3.63) is 53.1 Å². The van der Waals surface area contributed by atoms with Crippen molar-refractivity contribution in [2.24, 2.45) is 5.10 Å². The van der Waals surface area contributed by atoms with Crippen LogP contribution in [0.5, 0.6) is 0 Å². The lowest BCUT2D eigenvalue weighted by Gasteiger charge is -2.27. The first-order valence-electron chi connectivity index (χ1n) is 9.66. The molecule has 2 atom stereocenters. The standard InChI is InChI=1S/C21H18ClF3N4O2S/c1-28-20(32)29(19(27-28)21(23,24)25)12-7-5-11(6-8-12)13-3-2-4-14(17(13)22)15-9-10-16(30)26-18(15)31/h2-8,15,20,32H,9-10H2,1H3,(H,26,30,31). The number of hydrogen-bond donors (Lipinski definition) is 2. The zero-order valence-corrected chi connectivity index (χ0v) is 18.4. The van der Waals surface area contributed by atoms with Crippen molar-refractivity contribution < 1.29 is 22.8 Å². The Balaban J connectivity index is 1.65. The number of thiol groups is 1. The smallest absolute Gasteiger partial charge is 0.296 e. The van der Waals surface area contributed by atoms with E-state index in [0.717, 1.165) is 9.91 Å². The minimum atomic E-state index is -4.63. The summed E-state index contributed by atoms with van der Waals surface area (Å²) in [5.74, 6) is -2.31. The maximum Gasteiger partial charge on any atom is 0.451 e. The summed E-state index contributed by atoms with van der Waals surface area (Å²) in [7, 11) is 1.41. The first-order valence-corrected chi connectivity index (χ1v) is 10.6. The summed E-state index contributed by atoms with van der Waals surface area (Å²) in [6.07, 6.45) is -4.05. The molecule has 2 aliphatic heterocycles.